The molecule has 2 saturated heterocycles. The van der Waals surface area contributed by atoms with Crippen LogP contribution in [-0.2, 0) is 26.9 Å². The summed E-state index contributed by atoms with van der Waals surface area (Å²) in [4.78, 5) is 18.4. The fraction of sp³-hybridized carbons (Fsp3) is 0.458. The Morgan fingerprint density at radius 3 is 2.30 bits per heavy atom. The average Bonchev–Trinajstić information content (AvgIpc) is 3.29. The summed E-state index contributed by atoms with van der Waals surface area (Å²) in [6, 6.07) is 19.6. The normalized spacial score (nSPS) is 25.8. The molecular formula is C24H30N2O3S. The maximum atomic E-state index is 13.5. The number of nitrogens with zero attached hydrogens (tertiary/aromatic N) is 2. The molecule has 30 heavy (non-hydrogen) atoms. The maximum absolute atomic E-state index is 13.5. The molecule has 0 amide bonds. The van der Waals surface area contributed by atoms with Gasteiger partial charge < -0.3 is 4.74 Å². The van der Waals surface area contributed by atoms with Crippen molar-refractivity contribution < 1.29 is 13.7 Å². The average molecular weight is 427 g/mol. The zero-order chi connectivity index (χ0) is 21.3. The molecule has 4 atom stereocenters. The lowest BCUT2D eigenvalue weighted by atomic mass is 10.1. The Balaban J connectivity index is 1.61. The molecule has 1 unspecified atom stereocenters. The van der Waals surface area contributed by atoms with E-state index in [1.165, 1.54) is 5.56 Å². The lowest BCUT2D eigenvalue weighted by Crippen LogP contribution is -2.45. The van der Waals surface area contributed by atoms with Crippen LogP contribution in [0.15, 0.2) is 65.6 Å². The minimum atomic E-state index is -1.20. The first kappa shape index (κ1) is 21.2. The second-order valence-electron chi connectivity index (χ2n) is 9.04. The molecule has 0 saturated carbocycles. The Hall–Kier alpha value is -2.02. The van der Waals surface area contributed by atoms with Crippen molar-refractivity contribution in [3.8, 4) is 0 Å². The predicted molar refractivity (Wildman–Crippen MR) is 118 cm³/mol. The highest BCUT2D eigenvalue weighted by molar-refractivity contribution is 7.85. The number of hydrogen-bond acceptors (Lipinski definition) is 5. The number of ether oxygens (including phenoxy) is 1. The van der Waals surface area contributed by atoms with Gasteiger partial charge in [0.1, 0.15) is 11.6 Å². The quantitative estimate of drug-likeness (QED) is 0.686. The summed E-state index contributed by atoms with van der Waals surface area (Å²) in [5.41, 5.74) is 0.691. The predicted octanol–water partition coefficient (Wildman–Crippen LogP) is 3.42. The monoisotopic (exact) mass is 426 g/mol. The fourth-order valence-corrected chi connectivity index (χ4v) is 6.19. The van der Waals surface area contributed by atoms with Gasteiger partial charge in [-0.2, -0.15) is 0 Å². The van der Waals surface area contributed by atoms with Gasteiger partial charge in [-0.3, -0.25) is 18.8 Å². The van der Waals surface area contributed by atoms with Gasteiger partial charge in [-0.25, -0.2) is 0 Å². The van der Waals surface area contributed by atoms with Gasteiger partial charge in [0.05, 0.1) is 22.2 Å². The minimum absolute atomic E-state index is 0.0382. The van der Waals surface area contributed by atoms with E-state index in [1.807, 2.05) is 69.3 Å². The van der Waals surface area contributed by atoms with Crippen LogP contribution in [0.2, 0.25) is 0 Å². The van der Waals surface area contributed by atoms with Crippen molar-refractivity contribution >= 4 is 16.8 Å². The van der Waals surface area contributed by atoms with Gasteiger partial charge in [0.2, 0.25) is 0 Å². The molecule has 0 aromatic heterocycles. The molecule has 4 rings (SSSR count). The van der Waals surface area contributed by atoms with Crippen molar-refractivity contribution in [3.63, 3.8) is 0 Å². The van der Waals surface area contributed by atoms with E-state index in [0.717, 1.165) is 24.5 Å². The SMILES string of the molecule is CC(C)(C)OC(=O)[C@@H]1C[C@H](S(=O)c2ccccc2)[C@H]2N(Cc3ccccc3)CCN12. The number of benzene rings is 2. The Bertz CT molecular complexity index is 898. The van der Waals surface area contributed by atoms with Gasteiger partial charge in [0.25, 0.3) is 0 Å². The Morgan fingerprint density at radius 1 is 1.03 bits per heavy atom. The molecule has 2 aromatic carbocycles. The van der Waals surface area contributed by atoms with Crippen molar-refractivity contribution in [1.29, 1.82) is 0 Å². The smallest absolute Gasteiger partial charge is 0.323 e. The van der Waals surface area contributed by atoms with Gasteiger partial charge in [0.15, 0.2) is 0 Å². The van der Waals surface area contributed by atoms with Crippen LogP contribution < -0.4 is 0 Å². The molecule has 0 aliphatic carbocycles. The van der Waals surface area contributed by atoms with Crippen LogP contribution in [0, 0.1) is 0 Å². The summed E-state index contributed by atoms with van der Waals surface area (Å²) in [6.07, 6.45) is 0.510. The number of esters is 1. The van der Waals surface area contributed by atoms with Gasteiger partial charge in [-0.15, -0.1) is 0 Å². The molecule has 0 spiro atoms. The lowest BCUT2D eigenvalue weighted by molar-refractivity contribution is -0.160. The Morgan fingerprint density at radius 2 is 1.67 bits per heavy atom. The van der Waals surface area contributed by atoms with Crippen molar-refractivity contribution in [1.82, 2.24) is 9.80 Å². The molecule has 2 heterocycles. The lowest BCUT2D eigenvalue weighted by Gasteiger charge is -2.30. The van der Waals surface area contributed by atoms with Gasteiger partial charge in [-0.05, 0) is 44.9 Å². The first-order chi connectivity index (χ1) is 14.3. The number of hydrogen-bond donors (Lipinski definition) is 0. The van der Waals surface area contributed by atoms with E-state index >= 15 is 0 Å². The van der Waals surface area contributed by atoms with Crippen LogP contribution in [0.1, 0.15) is 32.8 Å². The number of carbonyl (C=O) groups is 1. The highest BCUT2D eigenvalue weighted by atomic mass is 32.2. The van der Waals surface area contributed by atoms with Crippen LogP contribution in [-0.4, -0.2) is 56.1 Å². The second kappa shape index (κ2) is 8.61. The third-order valence-electron chi connectivity index (χ3n) is 5.71. The summed E-state index contributed by atoms with van der Waals surface area (Å²) in [5, 5.41) is -0.142. The summed E-state index contributed by atoms with van der Waals surface area (Å²) in [7, 11) is -1.20. The van der Waals surface area contributed by atoms with Crippen LogP contribution in [0.5, 0.6) is 0 Å². The van der Waals surface area contributed by atoms with E-state index in [2.05, 4.69) is 21.9 Å². The van der Waals surface area contributed by atoms with Crippen LogP contribution in [0.3, 0.4) is 0 Å². The minimum Gasteiger partial charge on any atom is -0.459 e. The molecule has 6 heteroatoms. The number of fused-ring (bicyclic) bond motifs is 1. The van der Waals surface area contributed by atoms with Gasteiger partial charge in [-0.1, -0.05) is 48.5 Å². The summed E-state index contributed by atoms with van der Waals surface area (Å²) in [5.74, 6) is -0.207. The van der Waals surface area contributed by atoms with Crippen molar-refractivity contribution in [2.75, 3.05) is 13.1 Å². The van der Waals surface area contributed by atoms with E-state index in [-0.39, 0.29) is 23.4 Å². The van der Waals surface area contributed by atoms with E-state index in [9.17, 15) is 9.00 Å². The van der Waals surface area contributed by atoms with Crippen LogP contribution in [0.4, 0.5) is 0 Å². The molecule has 2 aromatic rings. The number of carbonyl (C=O) groups excluding carboxylic acids is 1. The van der Waals surface area contributed by atoms with Crippen molar-refractivity contribution in [2.24, 2.45) is 0 Å². The molecule has 2 aliphatic rings. The highest BCUT2D eigenvalue weighted by Crippen LogP contribution is 2.37. The zero-order valence-corrected chi connectivity index (χ0v) is 18.7. The zero-order valence-electron chi connectivity index (χ0n) is 17.9. The molecule has 0 radical (unpaired) electrons. The molecule has 0 N–H and O–H groups in total. The summed E-state index contributed by atoms with van der Waals surface area (Å²) in [6.45, 7) is 8.09. The second-order valence-corrected chi connectivity index (χ2v) is 10.7. The van der Waals surface area contributed by atoms with Gasteiger partial charge in [0, 0.05) is 24.5 Å². The summed E-state index contributed by atoms with van der Waals surface area (Å²) >= 11 is 0. The van der Waals surface area contributed by atoms with Crippen LogP contribution >= 0.6 is 0 Å². The fourth-order valence-electron chi connectivity index (χ4n) is 4.50. The molecule has 0 bridgehead atoms. The maximum Gasteiger partial charge on any atom is 0.323 e. The highest BCUT2D eigenvalue weighted by Gasteiger charge is 2.53. The first-order valence-electron chi connectivity index (χ1n) is 10.6. The van der Waals surface area contributed by atoms with Crippen molar-refractivity contribution in [3.05, 3.63) is 66.2 Å². The number of rotatable bonds is 5. The Kier molecular flexibility index (Phi) is 6.09. The van der Waals surface area contributed by atoms with E-state index < -0.39 is 16.4 Å². The molecule has 160 valence electrons. The third kappa shape index (κ3) is 4.51. The molecule has 2 aliphatic heterocycles. The third-order valence-corrected chi connectivity index (χ3v) is 7.43. The van der Waals surface area contributed by atoms with Crippen LogP contribution in [0.25, 0.3) is 0 Å². The standard InChI is InChI=1S/C24H30N2O3S/c1-24(2,3)29-23(27)20-16-21(30(28)19-12-8-5-9-13-19)22-25(14-15-26(20)22)17-18-10-6-4-7-11-18/h4-13,20-22H,14-17H2,1-3H3/t20-,21-,22-,30?/m0/s1. The Labute approximate surface area is 181 Å². The summed E-state index contributed by atoms with van der Waals surface area (Å²) < 4.78 is 19.3. The van der Waals surface area contributed by atoms with E-state index in [0.29, 0.717) is 6.42 Å². The van der Waals surface area contributed by atoms with E-state index in [4.69, 9.17) is 4.74 Å². The molecular weight excluding hydrogens is 396 g/mol. The molecule has 5 nitrogen and oxygen atoms in total. The van der Waals surface area contributed by atoms with E-state index in [1.54, 1.807) is 0 Å². The van der Waals surface area contributed by atoms with Crippen molar-refractivity contribution in [2.45, 2.75) is 61.7 Å². The topological polar surface area (TPSA) is 49.9 Å². The van der Waals surface area contributed by atoms with Gasteiger partial charge >= 0.3 is 5.97 Å². The largest absolute Gasteiger partial charge is 0.459 e. The first-order valence-corrected chi connectivity index (χ1v) is 11.8. The molecule has 2 fully saturated rings.